The van der Waals surface area contributed by atoms with Crippen molar-refractivity contribution in [2.45, 2.75) is 26.8 Å². The third-order valence-electron chi connectivity index (χ3n) is 2.83. The van der Waals surface area contributed by atoms with Crippen molar-refractivity contribution in [3.63, 3.8) is 0 Å². The van der Waals surface area contributed by atoms with Gasteiger partial charge in [0.05, 0.1) is 29.5 Å². The van der Waals surface area contributed by atoms with Crippen LogP contribution in [0.3, 0.4) is 0 Å². The Morgan fingerprint density at radius 3 is 2.63 bits per heavy atom. The molecule has 0 aliphatic carbocycles. The molecule has 8 heteroatoms. The third-order valence-corrected chi connectivity index (χ3v) is 2.83. The number of hydrogen-bond donors (Lipinski definition) is 0. The minimum Gasteiger partial charge on any atom is -0.367 e. The van der Waals surface area contributed by atoms with Crippen molar-refractivity contribution in [2.75, 3.05) is 13.1 Å². The number of hydroxylamine groups is 2. The van der Waals surface area contributed by atoms with Gasteiger partial charge in [0.15, 0.2) is 0 Å². The van der Waals surface area contributed by atoms with Crippen molar-refractivity contribution in [1.29, 1.82) is 0 Å². The normalized spacial score (nSPS) is 17.0. The highest BCUT2D eigenvalue weighted by Crippen LogP contribution is 2.25. The highest BCUT2D eigenvalue weighted by atomic mass is 16.7. The first-order valence-electron chi connectivity index (χ1n) is 5.93. The second-order valence-corrected chi connectivity index (χ2v) is 5.57. The molecule has 1 aromatic rings. The van der Waals surface area contributed by atoms with Crippen LogP contribution in [0.5, 0.6) is 0 Å². The number of nitrogens with zero attached hydrogens (tertiary/aromatic N) is 4. The van der Waals surface area contributed by atoms with Gasteiger partial charge < -0.3 is 4.84 Å². The Morgan fingerprint density at radius 1 is 1.53 bits per heavy atom. The summed E-state index contributed by atoms with van der Waals surface area (Å²) < 4.78 is 1.53. The van der Waals surface area contributed by atoms with Gasteiger partial charge in [0.25, 0.3) is 0 Å². The molecular weight excluding hydrogens is 252 g/mol. The molecule has 2 heterocycles. The predicted octanol–water partition coefficient (Wildman–Crippen LogP) is 1.15. The Kier molecular flexibility index (Phi) is 3.27. The fourth-order valence-corrected chi connectivity index (χ4v) is 1.53. The lowest BCUT2D eigenvalue weighted by molar-refractivity contribution is -0.385. The average molecular weight is 268 g/mol. The Hall–Kier alpha value is -1.96. The van der Waals surface area contributed by atoms with E-state index in [1.165, 1.54) is 22.1 Å². The third kappa shape index (κ3) is 2.90. The van der Waals surface area contributed by atoms with Crippen LogP contribution < -0.4 is 0 Å². The lowest BCUT2D eigenvalue weighted by atomic mass is 9.98. The maximum atomic E-state index is 11.6. The van der Waals surface area contributed by atoms with Crippen molar-refractivity contribution in [3.8, 4) is 0 Å². The molecule has 0 atom stereocenters. The van der Waals surface area contributed by atoms with Gasteiger partial charge in [0.1, 0.15) is 12.4 Å². The minimum atomic E-state index is -0.546. The van der Waals surface area contributed by atoms with E-state index in [1.54, 1.807) is 20.8 Å². The van der Waals surface area contributed by atoms with E-state index in [0.29, 0.717) is 13.1 Å². The zero-order valence-corrected chi connectivity index (χ0v) is 11.1. The van der Waals surface area contributed by atoms with E-state index in [0.717, 1.165) is 0 Å². The Balaban J connectivity index is 1.86. The molecule has 19 heavy (non-hydrogen) atoms. The van der Waals surface area contributed by atoms with E-state index in [9.17, 15) is 14.9 Å². The van der Waals surface area contributed by atoms with E-state index in [2.05, 4.69) is 5.10 Å². The molecule has 1 saturated heterocycles. The van der Waals surface area contributed by atoms with Crippen LogP contribution in [-0.2, 0) is 9.63 Å². The first kappa shape index (κ1) is 13.5. The van der Waals surface area contributed by atoms with Crippen LogP contribution in [0.15, 0.2) is 12.4 Å². The van der Waals surface area contributed by atoms with Gasteiger partial charge in [-0.2, -0.15) is 5.10 Å². The van der Waals surface area contributed by atoms with Crippen LogP contribution in [0.4, 0.5) is 5.69 Å². The maximum absolute atomic E-state index is 11.6. The van der Waals surface area contributed by atoms with Crippen LogP contribution >= 0.6 is 0 Å². The largest absolute Gasteiger partial charge is 0.367 e. The van der Waals surface area contributed by atoms with E-state index in [1.807, 2.05) is 0 Å². The van der Waals surface area contributed by atoms with Gasteiger partial charge in [-0.15, -0.1) is 5.06 Å². The molecule has 0 amide bonds. The number of hydrogen-bond acceptors (Lipinski definition) is 6. The lowest BCUT2D eigenvalue weighted by Gasteiger charge is -2.38. The molecule has 1 aliphatic rings. The smallest absolute Gasteiger partial charge is 0.330 e. The molecule has 0 N–H and O–H groups in total. The van der Waals surface area contributed by atoms with Gasteiger partial charge in [0, 0.05) is 0 Å². The van der Waals surface area contributed by atoms with E-state index < -0.39 is 10.3 Å². The van der Waals surface area contributed by atoms with Crippen LogP contribution in [0.25, 0.3) is 0 Å². The summed E-state index contributed by atoms with van der Waals surface area (Å²) in [6, 6.07) is 0.00136. The Bertz CT molecular complexity index is 499. The summed E-state index contributed by atoms with van der Waals surface area (Å²) in [6.07, 6.45) is 2.59. The van der Waals surface area contributed by atoms with Crippen molar-refractivity contribution in [2.24, 2.45) is 5.41 Å². The molecule has 0 radical (unpaired) electrons. The average Bonchev–Trinajstić information content (AvgIpc) is 2.69. The van der Waals surface area contributed by atoms with Crippen LogP contribution in [0.1, 0.15) is 26.8 Å². The van der Waals surface area contributed by atoms with Crippen LogP contribution in [0, 0.1) is 15.5 Å². The number of nitro groups is 1. The highest BCUT2D eigenvalue weighted by molar-refractivity contribution is 5.75. The van der Waals surface area contributed by atoms with Gasteiger partial charge in [-0.05, 0) is 20.8 Å². The topological polar surface area (TPSA) is 90.5 Å². The Morgan fingerprint density at radius 2 is 2.16 bits per heavy atom. The zero-order valence-electron chi connectivity index (χ0n) is 11.1. The summed E-state index contributed by atoms with van der Waals surface area (Å²) in [5.41, 5.74) is -0.583. The number of rotatable bonds is 3. The molecule has 2 rings (SSSR count). The Labute approximate surface area is 110 Å². The predicted molar refractivity (Wildman–Crippen MR) is 65.0 cm³/mol. The molecule has 0 spiro atoms. The molecule has 1 fully saturated rings. The number of aromatic nitrogens is 2. The lowest BCUT2D eigenvalue weighted by Crippen LogP contribution is -2.49. The van der Waals surface area contributed by atoms with Gasteiger partial charge in [0.2, 0.25) is 0 Å². The first-order valence-corrected chi connectivity index (χ1v) is 5.93. The van der Waals surface area contributed by atoms with Gasteiger partial charge in [-0.1, -0.05) is 0 Å². The van der Waals surface area contributed by atoms with Gasteiger partial charge >= 0.3 is 11.7 Å². The molecule has 0 saturated carbocycles. The van der Waals surface area contributed by atoms with Gasteiger partial charge in [-0.3, -0.25) is 14.8 Å². The van der Waals surface area contributed by atoms with E-state index in [-0.39, 0.29) is 17.7 Å². The van der Waals surface area contributed by atoms with E-state index in [4.69, 9.17) is 4.84 Å². The van der Waals surface area contributed by atoms with Crippen molar-refractivity contribution in [1.82, 2.24) is 14.8 Å². The minimum absolute atomic E-state index is 0.00136. The molecule has 0 unspecified atom stereocenters. The van der Waals surface area contributed by atoms with Crippen molar-refractivity contribution >= 4 is 11.7 Å². The van der Waals surface area contributed by atoms with E-state index >= 15 is 0 Å². The molecule has 0 aromatic carbocycles. The zero-order chi connectivity index (χ0) is 14.2. The van der Waals surface area contributed by atoms with Gasteiger partial charge in [-0.25, -0.2) is 4.79 Å². The summed E-state index contributed by atoms with van der Waals surface area (Å²) in [5.74, 6) is -0.294. The van der Waals surface area contributed by atoms with Crippen LogP contribution in [-0.4, -0.2) is 38.8 Å². The summed E-state index contributed by atoms with van der Waals surface area (Å²) in [7, 11) is 0. The molecule has 8 nitrogen and oxygen atoms in total. The summed E-state index contributed by atoms with van der Waals surface area (Å²) in [5, 5.41) is 16.0. The maximum Gasteiger partial charge on any atom is 0.330 e. The quantitative estimate of drug-likeness (QED) is 0.603. The molecular formula is C11H16N4O4. The van der Waals surface area contributed by atoms with Crippen molar-refractivity contribution in [3.05, 3.63) is 22.5 Å². The van der Waals surface area contributed by atoms with Crippen molar-refractivity contribution < 1.29 is 14.6 Å². The monoisotopic (exact) mass is 268 g/mol. The second-order valence-electron chi connectivity index (χ2n) is 5.57. The highest BCUT2D eigenvalue weighted by Gasteiger charge is 2.35. The molecule has 104 valence electrons. The van der Waals surface area contributed by atoms with Crippen LogP contribution in [0.2, 0.25) is 0 Å². The SMILES string of the molecule is CC(C)(C)C(=O)ON1CC(n2cc([N+](=O)[O-])cn2)C1. The summed E-state index contributed by atoms with van der Waals surface area (Å²) in [6.45, 7) is 6.32. The molecule has 1 aromatic heterocycles. The fourth-order valence-electron chi connectivity index (χ4n) is 1.53. The summed E-state index contributed by atoms with van der Waals surface area (Å²) in [4.78, 5) is 26.9. The fraction of sp³-hybridized carbons (Fsp3) is 0.636. The number of carbonyl (C=O) groups is 1. The molecule has 1 aliphatic heterocycles. The summed E-state index contributed by atoms with van der Waals surface area (Å²) >= 11 is 0. The first-order chi connectivity index (χ1) is 8.77. The number of carbonyl (C=O) groups excluding carboxylic acids is 1. The second kappa shape index (κ2) is 4.61. The standard InChI is InChI=1S/C11H16N4O4/c1-11(2,3)10(16)19-13-5-9(6-13)14-7-8(4-12-14)15(17)18/h4,7,9H,5-6H2,1-3H3. The molecule has 0 bridgehead atoms.